The third-order valence-corrected chi connectivity index (χ3v) is 6.86. The Kier molecular flexibility index (Phi) is 10.1. The van der Waals surface area contributed by atoms with Crippen LogP contribution in [0.1, 0.15) is 64.2 Å². The van der Waals surface area contributed by atoms with Crippen LogP contribution in [0.15, 0.2) is 0 Å². The standard InChI is InChI=1S/C21H23F17N2O2/c22-14(17(26,27)28,13(39)40(11-7-3-1-4-8-11)12-9-5-2-6-10-12)41-21(37,38)16(25,19(32,33)34)42-20(35,36)15(23,24)18(29,30)31/h11-12,39H,1-10H2/t14-,16+/m0/s1. The third kappa shape index (κ3) is 6.64. The average molecular weight is 658 g/mol. The lowest BCUT2D eigenvalue weighted by Gasteiger charge is -2.47. The number of hydrogen-bond donors (Lipinski definition) is 1. The number of ether oxygens (including phenoxy) is 2. The van der Waals surface area contributed by atoms with Crippen molar-refractivity contribution in [2.24, 2.45) is 0 Å². The van der Waals surface area contributed by atoms with Gasteiger partial charge in [-0.2, -0.15) is 74.6 Å². The van der Waals surface area contributed by atoms with Gasteiger partial charge in [-0.1, -0.05) is 38.5 Å². The molecule has 0 saturated heterocycles. The molecular weight excluding hydrogens is 635 g/mol. The minimum Gasteiger partial charge on any atom is -0.349 e. The Morgan fingerprint density at radius 3 is 1.19 bits per heavy atom. The number of halogens is 17. The topological polar surface area (TPSA) is 45.6 Å². The molecule has 1 N–H and O–H groups in total. The Balaban J connectivity index is 2.64. The average Bonchev–Trinajstić information content (AvgIpc) is 2.82. The fourth-order valence-electron chi connectivity index (χ4n) is 4.72. The van der Waals surface area contributed by atoms with Crippen molar-refractivity contribution in [1.82, 2.24) is 4.90 Å². The summed E-state index contributed by atoms with van der Waals surface area (Å²) in [5, 5.41) is 7.84. The molecule has 0 radical (unpaired) electrons. The lowest BCUT2D eigenvalue weighted by molar-refractivity contribution is -0.547. The molecule has 0 heterocycles. The van der Waals surface area contributed by atoms with Crippen molar-refractivity contribution >= 4 is 5.84 Å². The van der Waals surface area contributed by atoms with Crippen LogP contribution in [0.25, 0.3) is 0 Å². The predicted molar refractivity (Wildman–Crippen MR) is 106 cm³/mol. The Labute approximate surface area is 226 Å². The van der Waals surface area contributed by atoms with Gasteiger partial charge in [0.2, 0.25) is 0 Å². The van der Waals surface area contributed by atoms with Gasteiger partial charge in [0.25, 0.3) is 0 Å². The van der Waals surface area contributed by atoms with E-state index < -0.39 is 66.3 Å². The van der Waals surface area contributed by atoms with Crippen LogP contribution >= 0.6 is 0 Å². The minimum absolute atomic E-state index is 0.0688. The molecule has 0 unspecified atom stereocenters. The van der Waals surface area contributed by atoms with E-state index in [-0.39, 0.29) is 51.4 Å². The molecule has 2 rings (SSSR count). The van der Waals surface area contributed by atoms with Crippen molar-refractivity contribution in [1.29, 1.82) is 5.41 Å². The molecule has 0 bridgehead atoms. The fourth-order valence-corrected chi connectivity index (χ4v) is 4.72. The molecule has 248 valence electrons. The summed E-state index contributed by atoms with van der Waals surface area (Å²) in [5.74, 6) is -24.9. The van der Waals surface area contributed by atoms with Crippen molar-refractivity contribution in [2.45, 2.75) is 125 Å². The first-order valence-corrected chi connectivity index (χ1v) is 12.2. The van der Waals surface area contributed by atoms with Gasteiger partial charge in [0, 0.05) is 12.1 Å². The van der Waals surface area contributed by atoms with Crippen molar-refractivity contribution in [2.75, 3.05) is 0 Å². The van der Waals surface area contributed by atoms with Gasteiger partial charge in [-0.25, -0.2) is 0 Å². The maximum absolute atomic E-state index is 15.5. The van der Waals surface area contributed by atoms with Gasteiger partial charge >= 0.3 is 48.4 Å². The quantitative estimate of drug-likeness (QED) is 0.153. The Morgan fingerprint density at radius 1 is 0.500 bits per heavy atom. The second kappa shape index (κ2) is 11.6. The maximum atomic E-state index is 15.5. The van der Waals surface area contributed by atoms with Gasteiger partial charge in [0.15, 0.2) is 5.84 Å². The van der Waals surface area contributed by atoms with Crippen molar-refractivity contribution in [3.63, 3.8) is 0 Å². The highest BCUT2D eigenvalue weighted by Crippen LogP contribution is 2.57. The SMILES string of the molecule is N=C(N(C1CCCCC1)C1CCCCC1)[C@](F)(OC(F)(F)[C@](F)(OC(F)(F)C(F)(F)C(F)(F)F)C(F)(F)F)C(F)(F)F. The third-order valence-electron chi connectivity index (χ3n) is 6.86. The molecule has 2 atom stereocenters. The van der Waals surface area contributed by atoms with E-state index >= 15 is 4.39 Å². The van der Waals surface area contributed by atoms with E-state index in [0.29, 0.717) is 17.7 Å². The summed E-state index contributed by atoms with van der Waals surface area (Å²) in [6.45, 7) is 0. The van der Waals surface area contributed by atoms with Gasteiger partial charge in [-0.3, -0.25) is 14.9 Å². The molecule has 0 spiro atoms. The molecule has 2 fully saturated rings. The van der Waals surface area contributed by atoms with Gasteiger partial charge in [0.1, 0.15) is 0 Å². The van der Waals surface area contributed by atoms with Gasteiger partial charge in [0.05, 0.1) is 0 Å². The van der Waals surface area contributed by atoms with Crippen molar-refractivity contribution < 1.29 is 84.1 Å². The van der Waals surface area contributed by atoms with E-state index in [1.165, 1.54) is 0 Å². The normalized spacial score (nSPS) is 22.4. The van der Waals surface area contributed by atoms with Crippen LogP contribution in [-0.4, -0.2) is 71.2 Å². The van der Waals surface area contributed by atoms with E-state index in [1.807, 2.05) is 0 Å². The van der Waals surface area contributed by atoms with Crippen LogP contribution in [0, 0.1) is 5.41 Å². The van der Waals surface area contributed by atoms with Crippen LogP contribution < -0.4 is 0 Å². The highest BCUT2D eigenvalue weighted by Gasteiger charge is 2.85. The first-order valence-electron chi connectivity index (χ1n) is 12.2. The lowest BCUT2D eigenvalue weighted by Crippen LogP contribution is -2.69. The van der Waals surface area contributed by atoms with E-state index in [9.17, 15) is 70.2 Å². The Hall–Kier alpha value is -1.80. The van der Waals surface area contributed by atoms with Crippen LogP contribution in [0.4, 0.5) is 74.6 Å². The number of nitrogens with zero attached hydrogens (tertiary/aromatic N) is 1. The molecule has 0 aromatic carbocycles. The number of alkyl halides is 17. The zero-order chi connectivity index (χ0) is 32.8. The zero-order valence-electron chi connectivity index (χ0n) is 20.9. The largest absolute Gasteiger partial charge is 0.462 e. The van der Waals surface area contributed by atoms with Gasteiger partial charge < -0.3 is 4.90 Å². The monoisotopic (exact) mass is 658 g/mol. The van der Waals surface area contributed by atoms with Crippen LogP contribution in [0.3, 0.4) is 0 Å². The first kappa shape index (κ1) is 36.4. The summed E-state index contributed by atoms with van der Waals surface area (Å²) in [4.78, 5) is 0.322. The fraction of sp³-hybridized carbons (Fsp3) is 0.952. The van der Waals surface area contributed by atoms with Crippen LogP contribution in [0.5, 0.6) is 0 Å². The second-order valence-corrected chi connectivity index (χ2v) is 9.84. The zero-order valence-corrected chi connectivity index (χ0v) is 20.9. The van der Waals surface area contributed by atoms with Crippen LogP contribution in [0.2, 0.25) is 0 Å². The summed E-state index contributed by atoms with van der Waals surface area (Å²) in [6.07, 6.45) is -36.3. The van der Waals surface area contributed by atoms with Gasteiger partial charge in [-0.05, 0) is 25.7 Å². The molecule has 2 aliphatic rings. The molecule has 0 aliphatic heterocycles. The Bertz CT molecular complexity index is 921. The molecule has 2 aliphatic carbocycles. The van der Waals surface area contributed by atoms with Gasteiger partial charge in [-0.15, -0.1) is 0 Å². The second-order valence-electron chi connectivity index (χ2n) is 9.84. The summed E-state index contributed by atoms with van der Waals surface area (Å²) in [5.41, 5.74) is 0. The Morgan fingerprint density at radius 2 is 0.881 bits per heavy atom. The van der Waals surface area contributed by atoms with E-state index in [1.54, 1.807) is 4.74 Å². The molecule has 2 saturated carbocycles. The molecular formula is C21H23F17N2O2. The van der Waals surface area contributed by atoms with Crippen molar-refractivity contribution in [3.05, 3.63) is 0 Å². The number of nitrogens with one attached hydrogen (secondary N) is 1. The molecule has 42 heavy (non-hydrogen) atoms. The maximum Gasteiger partial charge on any atom is 0.462 e. The molecule has 0 aromatic rings. The summed E-state index contributed by atoms with van der Waals surface area (Å²) in [7, 11) is 0. The van der Waals surface area contributed by atoms with E-state index in [0.717, 1.165) is 0 Å². The first-order chi connectivity index (χ1) is 18.7. The molecule has 0 amide bonds. The summed E-state index contributed by atoms with van der Waals surface area (Å²) < 4.78 is 235. The number of amidine groups is 1. The number of rotatable bonds is 9. The van der Waals surface area contributed by atoms with E-state index in [2.05, 4.69) is 4.74 Å². The molecule has 21 heteroatoms. The highest BCUT2D eigenvalue weighted by atomic mass is 19.4. The molecule has 0 aromatic heterocycles. The van der Waals surface area contributed by atoms with E-state index in [4.69, 9.17) is 5.41 Å². The minimum atomic E-state index is -7.96. The van der Waals surface area contributed by atoms with Crippen LogP contribution in [-0.2, 0) is 9.47 Å². The summed E-state index contributed by atoms with van der Waals surface area (Å²) >= 11 is 0. The summed E-state index contributed by atoms with van der Waals surface area (Å²) in [6, 6.07) is -2.40. The molecule has 4 nitrogen and oxygen atoms in total. The smallest absolute Gasteiger partial charge is 0.349 e. The number of hydrogen-bond acceptors (Lipinski definition) is 3. The predicted octanol–water partition coefficient (Wildman–Crippen LogP) is 8.80. The highest BCUT2D eigenvalue weighted by molar-refractivity contribution is 5.88. The van der Waals surface area contributed by atoms with Crippen molar-refractivity contribution in [3.8, 4) is 0 Å². The lowest BCUT2D eigenvalue weighted by atomic mass is 9.88.